The molecule has 0 aromatic heterocycles. The van der Waals surface area contributed by atoms with E-state index in [0.29, 0.717) is 24.5 Å². The summed E-state index contributed by atoms with van der Waals surface area (Å²) < 4.78 is 99.5. The summed E-state index contributed by atoms with van der Waals surface area (Å²) in [6, 6.07) is 3.80. The van der Waals surface area contributed by atoms with Crippen LogP contribution in [-0.2, 0) is 23.6 Å². The van der Waals surface area contributed by atoms with Gasteiger partial charge < -0.3 is 10.1 Å². The molecule has 0 bridgehead atoms. The van der Waals surface area contributed by atoms with Crippen LogP contribution in [-0.4, -0.2) is 18.2 Å². The molecule has 3 rings (SSSR count). The van der Waals surface area contributed by atoms with Gasteiger partial charge in [-0.3, -0.25) is 4.90 Å². The first-order chi connectivity index (χ1) is 16.5. The number of benzene rings is 2. The van der Waals surface area contributed by atoms with E-state index in [9.17, 15) is 35.5 Å². The Morgan fingerprint density at radius 1 is 1.03 bits per heavy atom. The first-order valence-electron chi connectivity index (χ1n) is 11.3. The summed E-state index contributed by atoms with van der Waals surface area (Å²) in [6.07, 6.45) is -9.45. The minimum Gasteiger partial charge on any atom is -0.443 e. The van der Waals surface area contributed by atoms with Crippen molar-refractivity contribution in [2.75, 3.05) is 11.4 Å². The van der Waals surface area contributed by atoms with Crippen LogP contribution in [0.25, 0.3) is 0 Å². The predicted molar refractivity (Wildman–Crippen MR) is 120 cm³/mol. The largest absolute Gasteiger partial charge is 0.443 e. The third-order valence-corrected chi connectivity index (χ3v) is 5.67. The molecule has 0 fully saturated rings. The van der Waals surface area contributed by atoms with Crippen molar-refractivity contribution in [3.05, 3.63) is 64.0 Å². The molecule has 2 aromatic carbocycles. The zero-order valence-corrected chi connectivity index (χ0v) is 20.2. The highest BCUT2D eigenvalue weighted by molar-refractivity contribution is 5.89. The first kappa shape index (κ1) is 27.8. The summed E-state index contributed by atoms with van der Waals surface area (Å²) in [7, 11) is 0. The number of nitrogens with one attached hydrogen (secondary N) is 1. The number of halogens is 7. The van der Waals surface area contributed by atoms with Crippen molar-refractivity contribution in [2.45, 2.75) is 71.1 Å². The normalized spacial score (nSPS) is 17.0. The number of ether oxygens (including phenoxy) is 1. The van der Waals surface area contributed by atoms with Gasteiger partial charge in [-0.2, -0.15) is 26.3 Å². The second kappa shape index (κ2) is 9.91. The highest BCUT2D eigenvalue weighted by atomic mass is 19.4. The first-order valence-corrected chi connectivity index (χ1v) is 11.3. The Morgan fingerprint density at radius 2 is 1.69 bits per heavy atom. The van der Waals surface area contributed by atoms with Crippen LogP contribution in [0.2, 0.25) is 0 Å². The fraction of sp³-hybridized carbons (Fsp3) is 0.480. The van der Waals surface area contributed by atoms with Crippen molar-refractivity contribution in [1.82, 2.24) is 5.32 Å². The number of carbonyl (C=O) groups excluding carboxylic acids is 1. The Labute approximate surface area is 204 Å². The number of carbonyl (C=O) groups is 1. The molecule has 1 unspecified atom stereocenters. The Kier molecular flexibility index (Phi) is 7.64. The smallest absolute Gasteiger partial charge is 0.416 e. The summed E-state index contributed by atoms with van der Waals surface area (Å²) in [5.74, 6) is -1.05. The van der Waals surface area contributed by atoms with Crippen molar-refractivity contribution >= 4 is 11.8 Å². The van der Waals surface area contributed by atoms with E-state index < -0.39 is 47.0 Å². The van der Waals surface area contributed by atoms with Crippen LogP contribution in [0.3, 0.4) is 0 Å². The number of nitrogens with zero attached hydrogens (tertiary/aromatic N) is 1. The van der Waals surface area contributed by atoms with Crippen molar-refractivity contribution in [3.8, 4) is 0 Å². The van der Waals surface area contributed by atoms with E-state index in [0.717, 1.165) is 23.1 Å². The highest BCUT2D eigenvalue weighted by Gasteiger charge is 2.37. The minimum absolute atomic E-state index is 0.00685. The van der Waals surface area contributed by atoms with Crippen LogP contribution in [0.5, 0.6) is 0 Å². The third-order valence-electron chi connectivity index (χ3n) is 5.67. The van der Waals surface area contributed by atoms with Crippen LogP contribution >= 0.6 is 0 Å². The van der Waals surface area contributed by atoms with Gasteiger partial charge in [0, 0.05) is 19.1 Å². The third kappa shape index (κ3) is 6.68. The summed E-state index contributed by atoms with van der Waals surface area (Å²) in [5.41, 5.74) is -2.59. The lowest BCUT2D eigenvalue weighted by Gasteiger charge is -2.29. The summed E-state index contributed by atoms with van der Waals surface area (Å²) in [6.45, 7) is 6.12. The van der Waals surface area contributed by atoms with Gasteiger partial charge in [-0.25, -0.2) is 9.18 Å². The Bertz CT molecular complexity index is 1120. The van der Waals surface area contributed by atoms with Gasteiger partial charge in [-0.05, 0) is 81.5 Å². The minimum atomic E-state index is -4.73. The molecule has 2 aromatic rings. The summed E-state index contributed by atoms with van der Waals surface area (Å²) in [5, 5.41) is 3.04. The SMILES string of the molecule is Cc1cc2c(cc1C(F)(F)F)N(C(=O)OC(C)(C)C)CCCC2NCc1cc(F)cc(C(F)(F)F)c1. The van der Waals surface area contributed by atoms with E-state index in [1.54, 1.807) is 20.8 Å². The number of hydrogen-bond donors (Lipinski definition) is 1. The molecule has 1 aliphatic rings. The maximum Gasteiger partial charge on any atom is 0.416 e. The molecule has 1 atom stereocenters. The van der Waals surface area contributed by atoms with E-state index >= 15 is 0 Å². The number of rotatable bonds is 3. The monoisotopic (exact) mass is 520 g/mol. The van der Waals surface area contributed by atoms with Gasteiger partial charge in [0.25, 0.3) is 0 Å². The van der Waals surface area contributed by atoms with Gasteiger partial charge in [0.1, 0.15) is 11.4 Å². The van der Waals surface area contributed by atoms with Gasteiger partial charge in [0.05, 0.1) is 16.8 Å². The van der Waals surface area contributed by atoms with Gasteiger partial charge in [0.15, 0.2) is 0 Å². The number of aryl methyl sites for hydroxylation is 1. The van der Waals surface area contributed by atoms with Crippen molar-refractivity contribution in [3.63, 3.8) is 0 Å². The predicted octanol–water partition coefficient (Wildman–Crippen LogP) is 7.54. The molecule has 1 amide bonds. The van der Waals surface area contributed by atoms with Gasteiger partial charge >= 0.3 is 18.4 Å². The quantitative estimate of drug-likeness (QED) is 0.425. The van der Waals surface area contributed by atoms with Gasteiger partial charge in [-0.1, -0.05) is 6.07 Å². The van der Waals surface area contributed by atoms with E-state index in [1.807, 2.05) is 0 Å². The molecule has 1 aliphatic heterocycles. The average Bonchev–Trinajstić information content (AvgIpc) is 2.87. The lowest BCUT2D eigenvalue weighted by atomic mass is 9.95. The topological polar surface area (TPSA) is 41.6 Å². The van der Waals surface area contributed by atoms with E-state index in [1.165, 1.54) is 13.0 Å². The lowest BCUT2D eigenvalue weighted by Crippen LogP contribution is -2.37. The molecule has 0 saturated carbocycles. The standard InChI is InChI=1S/C25H27F7N2O2/c1-14-8-18-20(33-13-15-9-16(24(27,28)29)11-17(26)10-15)6-5-7-34(22(35)36-23(2,3)4)21(18)12-19(14)25(30,31)32/h8-12,20,33H,5-7,13H2,1-4H3. The van der Waals surface area contributed by atoms with Gasteiger partial charge in [-0.15, -0.1) is 0 Å². The summed E-state index contributed by atoms with van der Waals surface area (Å²) >= 11 is 0. The average molecular weight is 520 g/mol. The molecular formula is C25H27F7N2O2. The van der Waals surface area contributed by atoms with E-state index in [2.05, 4.69) is 5.32 Å². The van der Waals surface area contributed by atoms with Crippen LogP contribution in [0.4, 0.5) is 41.2 Å². The molecule has 198 valence electrons. The number of fused-ring (bicyclic) bond motifs is 1. The zero-order chi connectivity index (χ0) is 27.1. The van der Waals surface area contributed by atoms with E-state index in [4.69, 9.17) is 4.74 Å². The van der Waals surface area contributed by atoms with Crippen LogP contribution in [0.15, 0.2) is 30.3 Å². The second-order valence-corrected chi connectivity index (χ2v) is 9.78. The molecule has 36 heavy (non-hydrogen) atoms. The Balaban J connectivity index is 2.00. The highest BCUT2D eigenvalue weighted by Crippen LogP contribution is 2.41. The molecule has 11 heteroatoms. The fourth-order valence-electron chi connectivity index (χ4n) is 4.14. The molecule has 4 nitrogen and oxygen atoms in total. The number of anilines is 1. The van der Waals surface area contributed by atoms with Crippen LogP contribution in [0.1, 0.15) is 67.5 Å². The number of alkyl halides is 6. The molecule has 0 spiro atoms. The Morgan fingerprint density at radius 3 is 2.28 bits per heavy atom. The van der Waals surface area contributed by atoms with Crippen molar-refractivity contribution in [2.24, 2.45) is 0 Å². The maximum absolute atomic E-state index is 13.8. The van der Waals surface area contributed by atoms with E-state index in [-0.39, 0.29) is 29.9 Å². The maximum atomic E-state index is 13.8. The van der Waals surface area contributed by atoms with Crippen molar-refractivity contribution in [1.29, 1.82) is 0 Å². The van der Waals surface area contributed by atoms with Crippen LogP contribution in [0, 0.1) is 12.7 Å². The molecule has 1 N–H and O–H groups in total. The summed E-state index contributed by atoms with van der Waals surface area (Å²) in [4.78, 5) is 14.0. The Hall–Kier alpha value is -2.82. The van der Waals surface area contributed by atoms with Crippen LogP contribution < -0.4 is 10.2 Å². The molecule has 1 heterocycles. The number of amides is 1. The van der Waals surface area contributed by atoms with Crippen molar-refractivity contribution < 1.29 is 40.3 Å². The lowest BCUT2D eigenvalue weighted by molar-refractivity contribution is -0.138. The number of hydrogen-bond acceptors (Lipinski definition) is 3. The second-order valence-electron chi connectivity index (χ2n) is 9.78. The molecule has 0 aliphatic carbocycles. The fourth-order valence-corrected chi connectivity index (χ4v) is 4.14. The van der Waals surface area contributed by atoms with Gasteiger partial charge in [0.2, 0.25) is 0 Å². The molecule has 0 radical (unpaired) electrons. The molecular weight excluding hydrogens is 493 g/mol. The molecule has 0 saturated heterocycles. The zero-order valence-electron chi connectivity index (χ0n) is 20.2.